The highest BCUT2D eigenvalue weighted by atomic mass is 127. The van der Waals surface area contributed by atoms with Crippen LogP contribution in [0.4, 0.5) is 0 Å². The topological polar surface area (TPSA) is 109 Å². The van der Waals surface area contributed by atoms with Crippen molar-refractivity contribution in [2.75, 3.05) is 0 Å². The van der Waals surface area contributed by atoms with Crippen LogP contribution in [-0.2, 0) is 9.59 Å². The summed E-state index contributed by atoms with van der Waals surface area (Å²) in [5, 5.41) is 11.3. The van der Waals surface area contributed by atoms with Gasteiger partial charge < -0.3 is 16.2 Å². The molecule has 0 saturated heterocycles. The minimum Gasteiger partial charge on any atom is -0.480 e. The van der Waals surface area contributed by atoms with Crippen molar-refractivity contribution in [3.05, 3.63) is 28.4 Å². The molecule has 4 N–H and O–H groups in total. The fourth-order valence-electron chi connectivity index (χ4n) is 1.36. The Morgan fingerprint density at radius 3 is 2.35 bits per heavy atom. The molecule has 0 fully saturated rings. The van der Waals surface area contributed by atoms with E-state index in [1.165, 1.54) is 0 Å². The average Bonchev–Trinajstić information content (AvgIpc) is 2.32. The highest BCUT2D eigenvalue weighted by Crippen LogP contribution is 2.22. The summed E-state index contributed by atoms with van der Waals surface area (Å²) < 4.78 is 2.48. The first-order valence-corrected chi connectivity index (χ1v) is 8.42. The molecule has 1 rings (SSSR count). The van der Waals surface area contributed by atoms with Crippen LogP contribution in [0.25, 0.3) is 0 Å². The maximum atomic E-state index is 12.1. The standard InChI is InChI=1S/C11H9I3N2O4/c12-4-1-5(9(14)6(13)2-4)10(18)16-7(11(19)20)3-8(15)17/h1-2,7H,3H2,(H2,15,17)(H,16,18)(H,19,20)/t7-/m1/s1. The quantitative estimate of drug-likeness (QED) is 0.346. The Morgan fingerprint density at radius 1 is 1.25 bits per heavy atom. The zero-order valence-corrected chi connectivity index (χ0v) is 16.3. The molecule has 20 heavy (non-hydrogen) atoms. The number of hydrogen-bond donors (Lipinski definition) is 3. The van der Waals surface area contributed by atoms with Gasteiger partial charge in [-0.1, -0.05) is 0 Å². The predicted octanol–water partition coefficient (Wildman–Crippen LogP) is 1.56. The van der Waals surface area contributed by atoms with Gasteiger partial charge in [0.2, 0.25) is 5.91 Å². The minimum atomic E-state index is -1.33. The lowest BCUT2D eigenvalue weighted by Gasteiger charge is -2.14. The number of rotatable bonds is 5. The van der Waals surface area contributed by atoms with Gasteiger partial charge in [0.1, 0.15) is 6.04 Å². The third-order valence-electron chi connectivity index (χ3n) is 2.25. The van der Waals surface area contributed by atoms with Crippen LogP contribution < -0.4 is 11.1 Å². The van der Waals surface area contributed by atoms with E-state index in [0.717, 1.165) is 10.7 Å². The Hall–Kier alpha value is -0.180. The highest BCUT2D eigenvalue weighted by Gasteiger charge is 2.24. The van der Waals surface area contributed by atoms with Crippen LogP contribution in [0.3, 0.4) is 0 Å². The van der Waals surface area contributed by atoms with Crippen LogP contribution in [0.2, 0.25) is 0 Å². The van der Waals surface area contributed by atoms with Gasteiger partial charge in [-0.25, -0.2) is 4.79 Å². The van der Waals surface area contributed by atoms with E-state index < -0.39 is 30.2 Å². The van der Waals surface area contributed by atoms with Gasteiger partial charge in [-0.3, -0.25) is 9.59 Å². The van der Waals surface area contributed by atoms with Gasteiger partial charge >= 0.3 is 5.97 Å². The van der Waals surface area contributed by atoms with Crippen molar-refractivity contribution in [2.45, 2.75) is 12.5 Å². The number of aliphatic carboxylic acids is 1. The van der Waals surface area contributed by atoms with Gasteiger partial charge in [-0.2, -0.15) is 0 Å². The van der Waals surface area contributed by atoms with Crippen LogP contribution in [0.5, 0.6) is 0 Å². The number of halogens is 3. The molecular weight excluding hydrogens is 605 g/mol. The van der Waals surface area contributed by atoms with Crippen LogP contribution in [0, 0.1) is 10.7 Å². The van der Waals surface area contributed by atoms with Crippen molar-refractivity contribution in [2.24, 2.45) is 5.73 Å². The Labute approximate surface area is 155 Å². The molecule has 0 aliphatic heterocycles. The largest absolute Gasteiger partial charge is 0.480 e. The molecule has 0 bridgehead atoms. The monoisotopic (exact) mass is 614 g/mol. The molecule has 0 aliphatic carbocycles. The van der Waals surface area contributed by atoms with Crippen molar-refractivity contribution in [3.63, 3.8) is 0 Å². The fourth-order valence-corrected chi connectivity index (χ4v) is 3.76. The van der Waals surface area contributed by atoms with Gasteiger partial charge in [-0.15, -0.1) is 0 Å². The summed E-state index contributed by atoms with van der Waals surface area (Å²) in [6.07, 6.45) is -0.446. The van der Waals surface area contributed by atoms with Crippen molar-refractivity contribution in [3.8, 4) is 0 Å². The van der Waals surface area contributed by atoms with Crippen molar-refractivity contribution < 1.29 is 19.5 Å². The highest BCUT2D eigenvalue weighted by molar-refractivity contribution is 14.1. The van der Waals surface area contributed by atoms with E-state index in [4.69, 9.17) is 10.8 Å². The van der Waals surface area contributed by atoms with Crippen LogP contribution in [0.15, 0.2) is 12.1 Å². The second-order valence-electron chi connectivity index (χ2n) is 3.78. The summed E-state index contributed by atoms with van der Waals surface area (Å²) in [6, 6.07) is 2.23. The molecule has 6 nitrogen and oxygen atoms in total. The number of hydrogen-bond acceptors (Lipinski definition) is 3. The lowest BCUT2D eigenvalue weighted by atomic mass is 10.1. The number of benzene rings is 1. The Balaban J connectivity index is 3.00. The molecule has 1 atom stereocenters. The molecule has 108 valence electrons. The van der Waals surface area contributed by atoms with Gasteiger partial charge in [0.25, 0.3) is 5.91 Å². The van der Waals surface area contributed by atoms with E-state index in [1.807, 2.05) is 28.7 Å². The van der Waals surface area contributed by atoms with Crippen LogP contribution in [-0.4, -0.2) is 28.9 Å². The van der Waals surface area contributed by atoms with Crippen molar-refractivity contribution in [1.29, 1.82) is 0 Å². The zero-order valence-electron chi connectivity index (χ0n) is 9.82. The smallest absolute Gasteiger partial charge is 0.326 e. The molecule has 0 aromatic heterocycles. The number of carboxylic acids is 1. The molecule has 9 heteroatoms. The van der Waals surface area contributed by atoms with E-state index in [1.54, 1.807) is 6.07 Å². The summed E-state index contributed by atoms with van der Waals surface area (Å²) in [7, 11) is 0. The summed E-state index contributed by atoms with van der Waals surface area (Å²) in [5.74, 6) is -2.63. The normalized spacial score (nSPS) is 11.8. The van der Waals surface area contributed by atoms with Gasteiger partial charge in [0, 0.05) is 10.7 Å². The lowest BCUT2D eigenvalue weighted by molar-refractivity contribution is -0.140. The molecule has 0 spiro atoms. The van der Waals surface area contributed by atoms with Crippen LogP contribution in [0.1, 0.15) is 16.8 Å². The molecule has 0 unspecified atom stereocenters. The first kappa shape index (κ1) is 17.9. The molecule has 0 radical (unpaired) electrons. The molecule has 0 aliphatic rings. The number of carbonyl (C=O) groups excluding carboxylic acids is 2. The molecule has 1 aromatic carbocycles. The van der Waals surface area contributed by atoms with Gasteiger partial charge in [-0.05, 0) is 79.9 Å². The van der Waals surface area contributed by atoms with E-state index in [2.05, 4.69) is 50.5 Å². The summed E-state index contributed by atoms with van der Waals surface area (Å²) in [4.78, 5) is 33.9. The number of nitrogens with one attached hydrogen (secondary N) is 1. The molecule has 1 aromatic rings. The Kier molecular flexibility index (Phi) is 6.90. The summed E-state index contributed by atoms with van der Waals surface area (Å²) in [6.45, 7) is 0. The van der Waals surface area contributed by atoms with Gasteiger partial charge in [0.05, 0.1) is 12.0 Å². The van der Waals surface area contributed by atoms with E-state index in [9.17, 15) is 14.4 Å². The second-order valence-corrected chi connectivity index (χ2v) is 7.27. The number of nitrogens with two attached hydrogens (primary N) is 1. The first-order chi connectivity index (χ1) is 9.22. The van der Waals surface area contributed by atoms with E-state index in [-0.39, 0.29) is 0 Å². The maximum Gasteiger partial charge on any atom is 0.326 e. The zero-order chi connectivity index (χ0) is 15.4. The Bertz CT molecular complexity index is 577. The maximum absolute atomic E-state index is 12.1. The lowest BCUT2D eigenvalue weighted by Crippen LogP contribution is -2.43. The first-order valence-electron chi connectivity index (χ1n) is 5.19. The molecular formula is C11H9I3N2O4. The molecule has 0 heterocycles. The summed E-state index contributed by atoms with van der Waals surface area (Å²) in [5.41, 5.74) is 5.34. The van der Waals surface area contributed by atoms with E-state index >= 15 is 0 Å². The number of carboxylic acid groups (broad SMARTS) is 1. The number of amides is 2. The van der Waals surface area contributed by atoms with Gasteiger partial charge in [0.15, 0.2) is 0 Å². The summed E-state index contributed by atoms with van der Waals surface area (Å²) >= 11 is 6.18. The minimum absolute atomic E-state index is 0.373. The van der Waals surface area contributed by atoms with Crippen molar-refractivity contribution >= 4 is 85.6 Å². The van der Waals surface area contributed by atoms with E-state index in [0.29, 0.717) is 5.56 Å². The van der Waals surface area contributed by atoms with Crippen LogP contribution >= 0.6 is 67.8 Å². The number of primary amides is 1. The third-order valence-corrected chi connectivity index (χ3v) is 5.91. The fraction of sp³-hybridized carbons (Fsp3) is 0.182. The Morgan fingerprint density at radius 2 is 1.85 bits per heavy atom. The molecule has 2 amide bonds. The predicted molar refractivity (Wildman–Crippen MR) is 97.3 cm³/mol. The number of carbonyl (C=O) groups is 3. The SMILES string of the molecule is NC(=O)C[C@@H](NC(=O)c1cc(I)cc(I)c1I)C(=O)O. The van der Waals surface area contributed by atoms with Crippen molar-refractivity contribution in [1.82, 2.24) is 5.32 Å². The second kappa shape index (κ2) is 7.72. The average molecular weight is 614 g/mol. The molecule has 0 saturated carbocycles. The third kappa shape index (κ3) is 4.98.